The van der Waals surface area contributed by atoms with Gasteiger partial charge in [-0.1, -0.05) is 19.1 Å². The van der Waals surface area contributed by atoms with Gasteiger partial charge >= 0.3 is 0 Å². The Hall–Kier alpha value is -2.01. The van der Waals surface area contributed by atoms with E-state index in [-0.39, 0.29) is 19.1 Å². The van der Waals surface area contributed by atoms with Gasteiger partial charge in [-0.25, -0.2) is 0 Å². The first kappa shape index (κ1) is 15.4. The fraction of sp³-hybridized carbons (Fsp3) is 0.438. The Labute approximate surface area is 124 Å². The number of nitrogens with zero attached hydrogens (tertiary/aromatic N) is 1. The molecule has 0 saturated carbocycles. The molecule has 0 bridgehead atoms. The normalized spacial score (nSPS) is 13.7. The maximum Gasteiger partial charge on any atom is 0.265 e. The highest BCUT2D eigenvalue weighted by Gasteiger charge is 2.28. The molecule has 0 aliphatic carbocycles. The first-order chi connectivity index (χ1) is 10.1. The standard InChI is InChI=1S/C16H21NO4/c1-4-5-20-14-7-12(9-18)6-13-16(14)21-10-15(19)17(13)8-11(2)3/h6-7,18H,2,4-5,8-10H2,1,3H3. The molecule has 1 heterocycles. The third-order valence-corrected chi connectivity index (χ3v) is 3.10. The van der Waals surface area contributed by atoms with E-state index >= 15 is 0 Å². The van der Waals surface area contributed by atoms with E-state index in [1.54, 1.807) is 17.0 Å². The minimum Gasteiger partial charge on any atom is -0.490 e. The summed E-state index contributed by atoms with van der Waals surface area (Å²) in [5.74, 6) is 1.00. The van der Waals surface area contributed by atoms with Gasteiger partial charge in [0.25, 0.3) is 5.91 Å². The van der Waals surface area contributed by atoms with Crippen molar-refractivity contribution in [2.45, 2.75) is 26.9 Å². The van der Waals surface area contributed by atoms with E-state index in [0.717, 1.165) is 12.0 Å². The van der Waals surface area contributed by atoms with Crippen LogP contribution in [0.1, 0.15) is 25.8 Å². The van der Waals surface area contributed by atoms with Crippen LogP contribution in [0.5, 0.6) is 11.5 Å². The van der Waals surface area contributed by atoms with Crippen molar-refractivity contribution in [2.24, 2.45) is 0 Å². The SMILES string of the molecule is C=C(C)CN1C(=O)COc2c(OCCC)cc(CO)cc21. The molecule has 0 spiro atoms. The fourth-order valence-electron chi connectivity index (χ4n) is 2.19. The molecule has 1 aliphatic heterocycles. The Kier molecular flexibility index (Phi) is 4.85. The first-order valence-corrected chi connectivity index (χ1v) is 7.05. The summed E-state index contributed by atoms with van der Waals surface area (Å²) in [5, 5.41) is 9.41. The molecule has 0 radical (unpaired) electrons. The molecule has 5 nitrogen and oxygen atoms in total. The minimum atomic E-state index is -0.123. The van der Waals surface area contributed by atoms with Gasteiger partial charge in [0.2, 0.25) is 0 Å². The van der Waals surface area contributed by atoms with Gasteiger partial charge in [0, 0.05) is 6.54 Å². The zero-order chi connectivity index (χ0) is 15.4. The van der Waals surface area contributed by atoms with E-state index in [1.165, 1.54) is 0 Å². The molecule has 0 fully saturated rings. The van der Waals surface area contributed by atoms with Crippen molar-refractivity contribution < 1.29 is 19.4 Å². The monoisotopic (exact) mass is 291 g/mol. The Bertz CT molecular complexity index is 553. The number of hydrogen-bond donors (Lipinski definition) is 1. The lowest BCUT2D eigenvalue weighted by Gasteiger charge is -2.31. The number of carbonyl (C=O) groups excluding carboxylic acids is 1. The van der Waals surface area contributed by atoms with E-state index < -0.39 is 0 Å². The van der Waals surface area contributed by atoms with Gasteiger partial charge in [-0.05, 0) is 31.0 Å². The van der Waals surface area contributed by atoms with Gasteiger partial charge in [0.1, 0.15) is 0 Å². The molecule has 1 aromatic carbocycles. The van der Waals surface area contributed by atoms with Crippen molar-refractivity contribution in [1.29, 1.82) is 0 Å². The van der Waals surface area contributed by atoms with Gasteiger partial charge < -0.3 is 19.5 Å². The van der Waals surface area contributed by atoms with Crippen LogP contribution in [0.3, 0.4) is 0 Å². The van der Waals surface area contributed by atoms with Crippen molar-refractivity contribution in [2.75, 3.05) is 24.7 Å². The molecule has 1 N–H and O–H groups in total. The second-order valence-electron chi connectivity index (χ2n) is 5.17. The number of ether oxygens (including phenoxy) is 2. The van der Waals surface area contributed by atoms with Crippen molar-refractivity contribution in [3.05, 3.63) is 29.8 Å². The predicted molar refractivity (Wildman–Crippen MR) is 80.8 cm³/mol. The zero-order valence-corrected chi connectivity index (χ0v) is 12.5. The summed E-state index contributed by atoms with van der Waals surface area (Å²) in [5.41, 5.74) is 2.19. The summed E-state index contributed by atoms with van der Waals surface area (Å²) in [6, 6.07) is 3.51. The van der Waals surface area contributed by atoms with Crippen LogP contribution in [0.25, 0.3) is 0 Å². The van der Waals surface area contributed by atoms with Crippen LogP contribution < -0.4 is 14.4 Å². The Morgan fingerprint density at radius 2 is 2.29 bits per heavy atom. The average Bonchev–Trinajstić information content (AvgIpc) is 2.47. The lowest BCUT2D eigenvalue weighted by Crippen LogP contribution is -2.39. The Morgan fingerprint density at radius 1 is 1.52 bits per heavy atom. The predicted octanol–water partition coefficient (Wildman–Crippen LogP) is 2.27. The summed E-state index contributed by atoms with van der Waals surface area (Å²) < 4.78 is 11.2. The van der Waals surface area contributed by atoms with E-state index in [0.29, 0.717) is 35.9 Å². The summed E-state index contributed by atoms with van der Waals surface area (Å²) in [7, 11) is 0. The first-order valence-electron chi connectivity index (χ1n) is 7.05. The molecule has 2 rings (SSSR count). The third-order valence-electron chi connectivity index (χ3n) is 3.10. The van der Waals surface area contributed by atoms with E-state index in [4.69, 9.17) is 9.47 Å². The molecular formula is C16H21NO4. The van der Waals surface area contributed by atoms with Gasteiger partial charge in [-0.15, -0.1) is 0 Å². The van der Waals surface area contributed by atoms with Crippen LogP contribution in [0.2, 0.25) is 0 Å². The highest BCUT2D eigenvalue weighted by atomic mass is 16.5. The third kappa shape index (κ3) is 3.36. The van der Waals surface area contributed by atoms with E-state index in [9.17, 15) is 9.90 Å². The molecule has 21 heavy (non-hydrogen) atoms. The van der Waals surface area contributed by atoms with Crippen molar-refractivity contribution in [3.63, 3.8) is 0 Å². The van der Waals surface area contributed by atoms with Crippen LogP contribution in [-0.4, -0.2) is 30.8 Å². The Balaban J connectivity index is 2.46. The average molecular weight is 291 g/mol. The van der Waals surface area contributed by atoms with E-state index in [1.807, 2.05) is 13.8 Å². The van der Waals surface area contributed by atoms with Crippen LogP contribution in [-0.2, 0) is 11.4 Å². The summed E-state index contributed by atoms with van der Waals surface area (Å²) in [6.45, 7) is 8.59. The molecule has 0 aromatic heterocycles. The molecule has 1 aromatic rings. The maximum atomic E-state index is 12.1. The minimum absolute atomic E-state index is 0.0127. The van der Waals surface area contributed by atoms with Gasteiger partial charge in [-0.2, -0.15) is 0 Å². The molecule has 1 amide bonds. The van der Waals surface area contributed by atoms with Crippen LogP contribution in [0, 0.1) is 0 Å². The van der Waals surface area contributed by atoms with Gasteiger partial charge in [0.05, 0.1) is 18.9 Å². The maximum absolute atomic E-state index is 12.1. The zero-order valence-electron chi connectivity index (χ0n) is 12.5. The smallest absolute Gasteiger partial charge is 0.265 e. The number of hydrogen-bond acceptors (Lipinski definition) is 4. The number of anilines is 1. The number of aliphatic hydroxyl groups excluding tert-OH is 1. The molecule has 1 aliphatic rings. The molecular weight excluding hydrogens is 270 g/mol. The van der Waals surface area contributed by atoms with Gasteiger partial charge in [-0.3, -0.25) is 4.79 Å². The highest BCUT2D eigenvalue weighted by molar-refractivity contribution is 5.99. The second kappa shape index (κ2) is 6.63. The molecule has 5 heteroatoms. The van der Waals surface area contributed by atoms with E-state index in [2.05, 4.69) is 6.58 Å². The van der Waals surface area contributed by atoms with Crippen molar-refractivity contribution in [3.8, 4) is 11.5 Å². The number of benzene rings is 1. The van der Waals surface area contributed by atoms with Crippen molar-refractivity contribution in [1.82, 2.24) is 0 Å². The van der Waals surface area contributed by atoms with Crippen LogP contribution in [0.15, 0.2) is 24.3 Å². The largest absolute Gasteiger partial charge is 0.490 e. The second-order valence-corrected chi connectivity index (χ2v) is 5.17. The fourth-order valence-corrected chi connectivity index (χ4v) is 2.19. The van der Waals surface area contributed by atoms with Crippen LogP contribution in [0.4, 0.5) is 5.69 Å². The number of fused-ring (bicyclic) bond motifs is 1. The van der Waals surface area contributed by atoms with Gasteiger partial charge in [0.15, 0.2) is 18.1 Å². The summed E-state index contributed by atoms with van der Waals surface area (Å²) >= 11 is 0. The van der Waals surface area contributed by atoms with Crippen molar-refractivity contribution >= 4 is 11.6 Å². The number of aliphatic hydroxyl groups is 1. The lowest BCUT2D eigenvalue weighted by molar-refractivity contribution is -0.121. The topological polar surface area (TPSA) is 59.0 Å². The number of rotatable bonds is 6. The molecule has 0 unspecified atom stereocenters. The molecule has 0 saturated heterocycles. The number of amides is 1. The summed E-state index contributed by atoms with van der Waals surface area (Å²) in [6.07, 6.45) is 0.868. The lowest BCUT2D eigenvalue weighted by atomic mass is 10.1. The highest BCUT2D eigenvalue weighted by Crippen LogP contribution is 2.42. The molecule has 114 valence electrons. The molecule has 0 atom stereocenters. The Morgan fingerprint density at radius 3 is 2.90 bits per heavy atom. The number of carbonyl (C=O) groups is 1. The summed E-state index contributed by atoms with van der Waals surface area (Å²) in [4.78, 5) is 13.7. The quantitative estimate of drug-likeness (QED) is 0.817. The van der Waals surface area contributed by atoms with Crippen LogP contribution >= 0.6 is 0 Å².